The molecule has 1 aromatic heterocycles. The molecule has 2 heterocycles. The largest absolute Gasteiger partial charge is 0.381 e. The third-order valence-electron chi connectivity index (χ3n) is 3.39. The summed E-state index contributed by atoms with van der Waals surface area (Å²) < 4.78 is 5.36. The summed E-state index contributed by atoms with van der Waals surface area (Å²) in [5.41, 5.74) is 8.69. The molecule has 3 heteroatoms. The molecule has 1 unspecified atom stereocenters. The molecule has 0 bridgehead atoms. The Morgan fingerprint density at radius 2 is 2.25 bits per heavy atom. The minimum atomic E-state index is 0.145. The molecular weight excluding hydrogens is 200 g/mol. The molecule has 1 atom stereocenters. The molecule has 1 aliphatic rings. The number of aryl methyl sites for hydroxylation is 1. The van der Waals surface area contributed by atoms with E-state index in [2.05, 4.69) is 11.9 Å². The number of hydrogen-bond donors (Lipinski definition) is 1. The number of ether oxygens (including phenoxy) is 1. The first-order chi connectivity index (χ1) is 7.77. The standard InChI is InChI=1S/C13H20N2O/c1-10-9-15-5-2-12(10)13(14)8-11-3-6-16-7-4-11/h2,5,9,11,13H,3-4,6-8,14H2,1H3. The summed E-state index contributed by atoms with van der Waals surface area (Å²) in [6.07, 6.45) is 7.08. The van der Waals surface area contributed by atoms with Gasteiger partial charge in [-0.2, -0.15) is 0 Å². The first kappa shape index (κ1) is 11.6. The van der Waals surface area contributed by atoms with Gasteiger partial charge in [0.25, 0.3) is 0 Å². The molecule has 1 aromatic rings. The number of nitrogens with zero attached hydrogens (tertiary/aromatic N) is 1. The maximum absolute atomic E-state index is 6.26. The molecule has 0 radical (unpaired) electrons. The summed E-state index contributed by atoms with van der Waals surface area (Å²) in [5.74, 6) is 0.719. The van der Waals surface area contributed by atoms with Crippen LogP contribution in [0.4, 0.5) is 0 Å². The molecule has 0 amide bonds. The molecular formula is C13H20N2O. The van der Waals surface area contributed by atoms with Gasteiger partial charge in [-0.3, -0.25) is 4.98 Å². The van der Waals surface area contributed by atoms with E-state index in [4.69, 9.17) is 10.5 Å². The van der Waals surface area contributed by atoms with E-state index in [9.17, 15) is 0 Å². The fraction of sp³-hybridized carbons (Fsp3) is 0.615. The van der Waals surface area contributed by atoms with Crippen molar-refractivity contribution in [3.8, 4) is 0 Å². The van der Waals surface area contributed by atoms with Gasteiger partial charge in [-0.1, -0.05) is 0 Å². The molecule has 0 aromatic carbocycles. The van der Waals surface area contributed by atoms with Crippen LogP contribution in [0.1, 0.15) is 36.4 Å². The third-order valence-corrected chi connectivity index (χ3v) is 3.39. The van der Waals surface area contributed by atoms with Crippen molar-refractivity contribution in [2.45, 2.75) is 32.2 Å². The van der Waals surface area contributed by atoms with Crippen LogP contribution in [0.3, 0.4) is 0 Å². The van der Waals surface area contributed by atoms with Crippen LogP contribution < -0.4 is 5.73 Å². The molecule has 0 saturated carbocycles. The molecule has 88 valence electrons. The first-order valence-corrected chi connectivity index (χ1v) is 6.01. The van der Waals surface area contributed by atoms with Gasteiger partial charge in [0.1, 0.15) is 0 Å². The van der Waals surface area contributed by atoms with Crippen LogP contribution in [-0.2, 0) is 4.74 Å². The van der Waals surface area contributed by atoms with Crippen LogP contribution in [0, 0.1) is 12.8 Å². The number of rotatable bonds is 3. The second-order valence-electron chi connectivity index (χ2n) is 4.63. The van der Waals surface area contributed by atoms with E-state index in [0.717, 1.165) is 38.4 Å². The van der Waals surface area contributed by atoms with Gasteiger partial charge < -0.3 is 10.5 Å². The SMILES string of the molecule is Cc1cnccc1C(N)CC1CCOCC1. The smallest absolute Gasteiger partial charge is 0.0468 e. The normalized spacial score (nSPS) is 19.6. The molecule has 1 aliphatic heterocycles. The second-order valence-corrected chi connectivity index (χ2v) is 4.63. The van der Waals surface area contributed by atoms with Gasteiger partial charge >= 0.3 is 0 Å². The van der Waals surface area contributed by atoms with E-state index in [-0.39, 0.29) is 6.04 Å². The highest BCUT2D eigenvalue weighted by Crippen LogP contribution is 2.27. The zero-order valence-corrected chi connectivity index (χ0v) is 9.86. The summed E-state index contributed by atoms with van der Waals surface area (Å²) in [4.78, 5) is 4.10. The number of pyridine rings is 1. The van der Waals surface area contributed by atoms with Gasteiger partial charge in [-0.05, 0) is 49.3 Å². The van der Waals surface area contributed by atoms with Crippen molar-refractivity contribution in [2.24, 2.45) is 11.7 Å². The summed E-state index contributed by atoms with van der Waals surface area (Å²) >= 11 is 0. The highest BCUT2D eigenvalue weighted by atomic mass is 16.5. The van der Waals surface area contributed by atoms with Crippen molar-refractivity contribution in [3.63, 3.8) is 0 Å². The van der Waals surface area contributed by atoms with E-state index in [1.54, 1.807) is 0 Å². The second kappa shape index (κ2) is 5.41. The fourth-order valence-electron chi connectivity index (χ4n) is 2.37. The average molecular weight is 220 g/mol. The minimum Gasteiger partial charge on any atom is -0.381 e. The van der Waals surface area contributed by atoms with E-state index < -0.39 is 0 Å². The highest BCUT2D eigenvalue weighted by molar-refractivity contribution is 5.24. The van der Waals surface area contributed by atoms with Crippen LogP contribution in [0.15, 0.2) is 18.5 Å². The Hall–Kier alpha value is -0.930. The average Bonchev–Trinajstić information content (AvgIpc) is 2.31. The van der Waals surface area contributed by atoms with Gasteiger partial charge in [-0.15, -0.1) is 0 Å². The van der Waals surface area contributed by atoms with E-state index in [1.807, 2.05) is 18.5 Å². The lowest BCUT2D eigenvalue weighted by Gasteiger charge is -2.25. The highest BCUT2D eigenvalue weighted by Gasteiger charge is 2.18. The Morgan fingerprint density at radius 1 is 1.50 bits per heavy atom. The fourth-order valence-corrected chi connectivity index (χ4v) is 2.37. The molecule has 0 spiro atoms. The van der Waals surface area contributed by atoms with E-state index >= 15 is 0 Å². The van der Waals surface area contributed by atoms with Crippen LogP contribution >= 0.6 is 0 Å². The monoisotopic (exact) mass is 220 g/mol. The van der Waals surface area contributed by atoms with Crippen molar-refractivity contribution in [1.29, 1.82) is 0 Å². The van der Waals surface area contributed by atoms with Crippen LogP contribution in [-0.4, -0.2) is 18.2 Å². The zero-order valence-electron chi connectivity index (χ0n) is 9.86. The topological polar surface area (TPSA) is 48.1 Å². The maximum atomic E-state index is 6.26. The van der Waals surface area contributed by atoms with Gasteiger partial charge in [0, 0.05) is 31.6 Å². The van der Waals surface area contributed by atoms with Gasteiger partial charge in [0.2, 0.25) is 0 Å². The molecule has 16 heavy (non-hydrogen) atoms. The molecule has 3 nitrogen and oxygen atoms in total. The van der Waals surface area contributed by atoms with Gasteiger partial charge in [0.15, 0.2) is 0 Å². The molecule has 1 fully saturated rings. The van der Waals surface area contributed by atoms with Crippen molar-refractivity contribution in [2.75, 3.05) is 13.2 Å². The first-order valence-electron chi connectivity index (χ1n) is 6.01. The summed E-state index contributed by atoms with van der Waals surface area (Å²) in [5, 5.41) is 0. The van der Waals surface area contributed by atoms with Gasteiger partial charge in [0.05, 0.1) is 0 Å². The molecule has 1 saturated heterocycles. The van der Waals surface area contributed by atoms with E-state index in [0.29, 0.717) is 0 Å². The predicted octanol–water partition coefficient (Wildman–Crippen LogP) is 2.21. The summed E-state index contributed by atoms with van der Waals surface area (Å²) in [6.45, 7) is 3.87. The van der Waals surface area contributed by atoms with Crippen molar-refractivity contribution < 1.29 is 4.74 Å². The van der Waals surface area contributed by atoms with Crippen LogP contribution in [0.2, 0.25) is 0 Å². The summed E-state index contributed by atoms with van der Waals surface area (Å²) in [6, 6.07) is 2.19. The van der Waals surface area contributed by atoms with E-state index in [1.165, 1.54) is 11.1 Å². The van der Waals surface area contributed by atoms with Crippen molar-refractivity contribution in [3.05, 3.63) is 29.6 Å². The van der Waals surface area contributed by atoms with Gasteiger partial charge in [-0.25, -0.2) is 0 Å². The Morgan fingerprint density at radius 3 is 2.94 bits per heavy atom. The summed E-state index contributed by atoms with van der Waals surface area (Å²) in [7, 11) is 0. The van der Waals surface area contributed by atoms with Crippen LogP contribution in [0.25, 0.3) is 0 Å². The lowest BCUT2D eigenvalue weighted by molar-refractivity contribution is 0.0618. The number of aromatic nitrogens is 1. The Labute approximate surface area is 97.0 Å². The lowest BCUT2D eigenvalue weighted by atomic mass is 9.89. The molecule has 2 rings (SSSR count). The van der Waals surface area contributed by atoms with Crippen LogP contribution in [0.5, 0.6) is 0 Å². The molecule has 2 N–H and O–H groups in total. The molecule has 0 aliphatic carbocycles. The quantitative estimate of drug-likeness (QED) is 0.849. The zero-order chi connectivity index (χ0) is 11.4. The van der Waals surface area contributed by atoms with Crippen molar-refractivity contribution >= 4 is 0 Å². The maximum Gasteiger partial charge on any atom is 0.0468 e. The predicted molar refractivity (Wildman–Crippen MR) is 64.1 cm³/mol. The lowest BCUT2D eigenvalue weighted by Crippen LogP contribution is -2.22. The number of hydrogen-bond acceptors (Lipinski definition) is 3. The third kappa shape index (κ3) is 2.80. The minimum absolute atomic E-state index is 0.145. The Balaban J connectivity index is 1.96. The Bertz CT molecular complexity index is 334. The van der Waals surface area contributed by atoms with Crippen molar-refractivity contribution in [1.82, 2.24) is 4.98 Å². The Kier molecular flexibility index (Phi) is 3.91. The number of nitrogens with two attached hydrogens (primary N) is 1.